The molecule has 33 heavy (non-hydrogen) atoms. The zero-order chi connectivity index (χ0) is 23.2. The third-order valence-corrected chi connectivity index (χ3v) is 6.97. The number of hydrogen-bond acceptors (Lipinski definition) is 4. The highest BCUT2D eigenvalue weighted by molar-refractivity contribution is 7.09. The molecule has 6 nitrogen and oxygen atoms in total. The van der Waals surface area contributed by atoms with Gasteiger partial charge in [-0.3, -0.25) is 9.59 Å². The van der Waals surface area contributed by atoms with Crippen LogP contribution in [0.1, 0.15) is 48.6 Å². The lowest BCUT2D eigenvalue weighted by Crippen LogP contribution is -2.35. The van der Waals surface area contributed by atoms with E-state index in [1.54, 1.807) is 17.4 Å². The van der Waals surface area contributed by atoms with E-state index in [-0.39, 0.29) is 24.1 Å². The molecule has 0 atom stereocenters. The first-order chi connectivity index (χ1) is 16.1. The third-order valence-electron chi connectivity index (χ3n) is 6.10. The number of aryl methyl sites for hydroxylation is 1. The molecule has 0 aliphatic heterocycles. The fourth-order valence-electron chi connectivity index (χ4n) is 4.47. The number of thiophene rings is 1. The Kier molecular flexibility index (Phi) is 7.26. The molecule has 7 heteroatoms. The van der Waals surface area contributed by atoms with E-state index in [0.717, 1.165) is 59.0 Å². The number of hydrogen-bond donors (Lipinski definition) is 2. The molecule has 1 aromatic carbocycles. The summed E-state index contributed by atoms with van der Waals surface area (Å²) in [5, 5.41) is 18.5. The van der Waals surface area contributed by atoms with Gasteiger partial charge in [0.1, 0.15) is 18.2 Å². The van der Waals surface area contributed by atoms with E-state index in [0.29, 0.717) is 6.54 Å². The average molecular weight is 461 g/mol. The quantitative estimate of drug-likeness (QED) is 0.382. The number of carbonyl (C=O) groups excluding carboxylic acids is 2. The number of aromatic nitrogens is 1. The molecular weight excluding hydrogens is 432 g/mol. The number of rotatable bonds is 8. The van der Waals surface area contributed by atoms with Gasteiger partial charge in [-0.2, -0.15) is 5.26 Å². The number of nitrogens with zero attached hydrogens (tertiary/aromatic N) is 2. The van der Waals surface area contributed by atoms with Crippen LogP contribution in [-0.4, -0.2) is 22.4 Å². The van der Waals surface area contributed by atoms with Crippen molar-refractivity contribution in [1.29, 1.82) is 5.26 Å². The van der Waals surface area contributed by atoms with Gasteiger partial charge >= 0.3 is 0 Å². The minimum absolute atomic E-state index is 0.00515. The van der Waals surface area contributed by atoms with Crippen LogP contribution in [0, 0.1) is 11.3 Å². The van der Waals surface area contributed by atoms with Gasteiger partial charge in [0.15, 0.2) is 0 Å². The van der Waals surface area contributed by atoms with E-state index in [2.05, 4.69) is 23.6 Å². The number of benzene rings is 1. The molecule has 0 bridgehead atoms. The summed E-state index contributed by atoms with van der Waals surface area (Å²) in [5.41, 5.74) is 2.91. The van der Waals surface area contributed by atoms with Gasteiger partial charge in [0.05, 0.1) is 12.1 Å². The summed E-state index contributed by atoms with van der Waals surface area (Å²) >= 11 is 1.56. The summed E-state index contributed by atoms with van der Waals surface area (Å²) in [7, 11) is 0. The number of para-hydroxylation sites is 1. The van der Waals surface area contributed by atoms with Crippen LogP contribution in [0.4, 0.5) is 0 Å². The predicted molar refractivity (Wildman–Crippen MR) is 131 cm³/mol. The van der Waals surface area contributed by atoms with Gasteiger partial charge in [-0.05, 0) is 42.3 Å². The maximum atomic E-state index is 12.7. The van der Waals surface area contributed by atoms with Crippen molar-refractivity contribution in [2.75, 3.05) is 0 Å². The first-order valence-electron chi connectivity index (χ1n) is 11.4. The van der Waals surface area contributed by atoms with Crippen LogP contribution in [0.5, 0.6) is 0 Å². The number of fused-ring (bicyclic) bond motifs is 1. The molecule has 2 heterocycles. The van der Waals surface area contributed by atoms with E-state index in [1.165, 1.54) is 0 Å². The molecule has 0 spiro atoms. The maximum absolute atomic E-state index is 12.7. The van der Waals surface area contributed by atoms with Gasteiger partial charge in [0.25, 0.3) is 5.91 Å². The highest BCUT2D eigenvalue weighted by atomic mass is 32.1. The predicted octanol–water partition coefficient (Wildman–Crippen LogP) is 4.55. The molecule has 1 aliphatic rings. The molecule has 0 saturated heterocycles. The minimum atomic E-state index is -0.405. The first-order valence-corrected chi connectivity index (χ1v) is 12.3. The molecule has 0 radical (unpaired) electrons. The van der Waals surface area contributed by atoms with Gasteiger partial charge in [-0.25, -0.2) is 0 Å². The van der Waals surface area contributed by atoms with Crippen molar-refractivity contribution in [2.45, 2.75) is 58.2 Å². The second-order valence-electron chi connectivity index (χ2n) is 8.36. The fraction of sp³-hybridized carbons (Fsp3) is 0.346. The molecule has 1 saturated carbocycles. The third kappa shape index (κ3) is 5.35. The standard InChI is InChI=1S/C26H28N4O2S/c1-2-18-7-5-11-23-20(13-19(14-27)26(32)28-15-22-10-6-12-33-22)16-30(25(18)23)17-24(31)29-21-8-3-4-9-21/h5-7,10-13,16,21H,2-4,8-9,15,17H2,1H3,(H,28,32)(H,29,31)/b19-13+. The van der Waals surface area contributed by atoms with Crippen molar-refractivity contribution in [3.8, 4) is 6.07 Å². The topological polar surface area (TPSA) is 86.9 Å². The van der Waals surface area contributed by atoms with Crippen LogP contribution in [0.3, 0.4) is 0 Å². The molecule has 2 aromatic heterocycles. The van der Waals surface area contributed by atoms with E-state index in [9.17, 15) is 14.9 Å². The number of nitriles is 1. The SMILES string of the molecule is CCc1cccc2c(/C=C(\C#N)C(=O)NCc3cccs3)cn(CC(=O)NC3CCCC3)c12. The number of amides is 2. The lowest BCUT2D eigenvalue weighted by Gasteiger charge is -2.13. The lowest BCUT2D eigenvalue weighted by molar-refractivity contribution is -0.122. The summed E-state index contributed by atoms with van der Waals surface area (Å²) in [6, 6.07) is 12.2. The lowest BCUT2D eigenvalue weighted by atomic mass is 10.1. The Hall–Kier alpha value is -3.37. The summed E-state index contributed by atoms with van der Waals surface area (Å²) in [4.78, 5) is 26.4. The minimum Gasteiger partial charge on any atom is -0.352 e. The number of nitrogens with one attached hydrogen (secondary N) is 2. The molecule has 4 rings (SSSR count). The first kappa shape index (κ1) is 22.8. The van der Waals surface area contributed by atoms with Crippen molar-refractivity contribution < 1.29 is 9.59 Å². The van der Waals surface area contributed by atoms with Crippen LogP contribution >= 0.6 is 11.3 Å². The Morgan fingerprint density at radius 1 is 1.24 bits per heavy atom. The van der Waals surface area contributed by atoms with Gasteiger partial charge in [-0.15, -0.1) is 11.3 Å². The highest BCUT2D eigenvalue weighted by Crippen LogP contribution is 2.27. The van der Waals surface area contributed by atoms with E-state index in [4.69, 9.17) is 0 Å². The van der Waals surface area contributed by atoms with Crippen LogP contribution in [0.2, 0.25) is 0 Å². The molecule has 0 unspecified atom stereocenters. The van der Waals surface area contributed by atoms with Crippen LogP contribution in [-0.2, 0) is 29.1 Å². The van der Waals surface area contributed by atoms with Gasteiger partial charge in [-0.1, -0.05) is 44.0 Å². The van der Waals surface area contributed by atoms with Crippen molar-refractivity contribution in [3.05, 3.63) is 63.5 Å². The Morgan fingerprint density at radius 2 is 2.06 bits per heavy atom. The van der Waals surface area contributed by atoms with Crippen LogP contribution in [0.25, 0.3) is 17.0 Å². The second-order valence-corrected chi connectivity index (χ2v) is 9.39. The summed E-state index contributed by atoms with van der Waals surface area (Å²) in [5.74, 6) is -0.410. The molecule has 1 aliphatic carbocycles. The van der Waals surface area contributed by atoms with Crippen molar-refractivity contribution in [3.63, 3.8) is 0 Å². The molecular formula is C26H28N4O2S. The normalized spacial score (nSPS) is 14.4. The summed E-state index contributed by atoms with van der Waals surface area (Å²) in [6.45, 7) is 2.68. The average Bonchev–Trinajstić information content (AvgIpc) is 3.58. The Labute approximate surface area is 197 Å². The zero-order valence-electron chi connectivity index (χ0n) is 18.8. The molecule has 2 N–H and O–H groups in total. The van der Waals surface area contributed by atoms with E-state index >= 15 is 0 Å². The Balaban J connectivity index is 1.61. The Bertz CT molecular complexity index is 1210. The largest absolute Gasteiger partial charge is 0.352 e. The van der Waals surface area contributed by atoms with Crippen LogP contribution in [0.15, 0.2) is 47.5 Å². The summed E-state index contributed by atoms with van der Waals surface area (Å²) in [6.07, 6.45) is 8.73. The van der Waals surface area contributed by atoms with Crippen molar-refractivity contribution in [2.24, 2.45) is 0 Å². The summed E-state index contributed by atoms with van der Waals surface area (Å²) < 4.78 is 1.95. The van der Waals surface area contributed by atoms with E-state index < -0.39 is 5.91 Å². The molecule has 3 aromatic rings. The van der Waals surface area contributed by atoms with E-state index in [1.807, 2.05) is 46.5 Å². The van der Waals surface area contributed by atoms with Gasteiger partial charge in [0.2, 0.25) is 5.91 Å². The second kappa shape index (κ2) is 10.5. The highest BCUT2D eigenvalue weighted by Gasteiger charge is 2.19. The maximum Gasteiger partial charge on any atom is 0.262 e. The molecule has 2 amide bonds. The monoisotopic (exact) mass is 460 g/mol. The molecule has 170 valence electrons. The zero-order valence-corrected chi connectivity index (χ0v) is 19.6. The van der Waals surface area contributed by atoms with Crippen LogP contribution < -0.4 is 10.6 Å². The Morgan fingerprint density at radius 3 is 2.76 bits per heavy atom. The van der Waals surface area contributed by atoms with Crippen molar-refractivity contribution >= 4 is 40.1 Å². The number of carbonyl (C=O) groups is 2. The van der Waals surface area contributed by atoms with Gasteiger partial charge in [0, 0.05) is 28.1 Å². The van der Waals surface area contributed by atoms with Gasteiger partial charge < -0.3 is 15.2 Å². The van der Waals surface area contributed by atoms with Crippen molar-refractivity contribution in [1.82, 2.24) is 15.2 Å². The molecule has 1 fully saturated rings. The smallest absolute Gasteiger partial charge is 0.262 e. The fourth-order valence-corrected chi connectivity index (χ4v) is 5.11.